The van der Waals surface area contributed by atoms with Gasteiger partial charge in [-0.15, -0.1) is 11.8 Å². The third-order valence-electron chi connectivity index (χ3n) is 3.11. The van der Waals surface area contributed by atoms with E-state index in [2.05, 4.69) is 5.32 Å². The van der Waals surface area contributed by atoms with Gasteiger partial charge in [0.25, 0.3) is 0 Å². The van der Waals surface area contributed by atoms with E-state index in [-0.39, 0.29) is 23.8 Å². The van der Waals surface area contributed by atoms with Gasteiger partial charge in [0.1, 0.15) is 0 Å². The van der Waals surface area contributed by atoms with Crippen LogP contribution in [-0.2, 0) is 11.2 Å². The first kappa shape index (κ1) is 13.4. The Hall–Kier alpha value is -1.00. The molecule has 0 spiro atoms. The van der Waals surface area contributed by atoms with E-state index in [9.17, 15) is 9.90 Å². The molecule has 1 aromatic rings. The zero-order chi connectivity index (χ0) is 12.8. The minimum absolute atomic E-state index is 0.0159. The fourth-order valence-corrected chi connectivity index (χ4v) is 3.31. The highest BCUT2D eigenvalue weighted by Crippen LogP contribution is 2.26. The molecule has 1 aromatic carbocycles. The summed E-state index contributed by atoms with van der Waals surface area (Å²) in [6, 6.07) is 9.75. The molecule has 1 saturated heterocycles. The number of carbonyl (C=O) groups excluding carboxylic acids is 1. The van der Waals surface area contributed by atoms with Crippen LogP contribution in [0.4, 0.5) is 0 Å². The molecule has 0 bridgehead atoms. The molecule has 0 aromatic heterocycles. The van der Waals surface area contributed by atoms with Gasteiger partial charge in [-0.1, -0.05) is 30.3 Å². The number of hydrogen-bond acceptors (Lipinski definition) is 3. The number of amides is 1. The highest BCUT2D eigenvalue weighted by atomic mass is 32.2. The Labute approximate surface area is 112 Å². The summed E-state index contributed by atoms with van der Waals surface area (Å²) in [6.45, 7) is -0.0159. The van der Waals surface area contributed by atoms with Crippen LogP contribution in [0.15, 0.2) is 30.3 Å². The van der Waals surface area contributed by atoms with E-state index < -0.39 is 0 Å². The topological polar surface area (TPSA) is 49.3 Å². The van der Waals surface area contributed by atoms with Gasteiger partial charge >= 0.3 is 0 Å². The number of aliphatic hydroxyl groups is 1. The van der Waals surface area contributed by atoms with Crippen LogP contribution in [0.5, 0.6) is 0 Å². The number of thioether (sulfide) groups is 1. The first-order valence-corrected chi connectivity index (χ1v) is 7.41. The summed E-state index contributed by atoms with van der Waals surface area (Å²) in [4.78, 5) is 12.0. The molecule has 18 heavy (non-hydrogen) atoms. The average Bonchev–Trinajstić information content (AvgIpc) is 2.93. The number of benzene rings is 1. The van der Waals surface area contributed by atoms with Gasteiger partial charge in [-0.2, -0.15) is 0 Å². The molecule has 1 aliphatic heterocycles. The maximum Gasteiger partial charge on any atom is 0.233 e. The Morgan fingerprint density at radius 2 is 2.22 bits per heavy atom. The standard InChI is InChI=1S/C14H19NO2S/c16-10-12(9-11-5-2-1-3-6-11)15-14(17)13-7-4-8-18-13/h1-3,5-6,12-13,16H,4,7-10H2,(H,15,17)/t12-,13?/m1/s1. The van der Waals surface area contributed by atoms with E-state index in [0.717, 1.165) is 24.2 Å². The second-order valence-corrected chi connectivity index (χ2v) is 5.89. The quantitative estimate of drug-likeness (QED) is 0.850. The fourth-order valence-electron chi connectivity index (χ4n) is 2.14. The Bertz CT molecular complexity index is 377. The summed E-state index contributed by atoms with van der Waals surface area (Å²) >= 11 is 1.72. The Kier molecular flexibility index (Phi) is 5.08. The molecule has 3 nitrogen and oxygen atoms in total. The molecule has 2 atom stereocenters. The van der Waals surface area contributed by atoms with Gasteiger partial charge < -0.3 is 10.4 Å². The lowest BCUT2D eigenvalue weighted by atomic mass is 10.1. The maximum atomic E-state index is 12.0. The fraction of sp³-hybridized carbons (Fsp3) is 0.500. The monoisotopic (exact) mass is 265 g/mol. The van der Waals surface area contributed by atoms with Crippen molar-refractivity contribution in [3.8, 4) is 0 Å². The molecule has 0 aliphatic carbocycles. The average molecular weight is 265 g/mol. The molecule has 2 rings (SSSR count). The lowest BCUT2D eigenvalue weighted by Gasteiger charge is -2.18. The van der Waals surface area contributed by atoms with Crippen LogP contribution in [-0.4, -0.2) is 34.7 Å². The van der Waals surface area contributed by atoms with Crippen LogP contribution < -0.4 is 5.32 Å². The van der Waals surface area contributed by atoms with Crippen molar-refractivity contribution in [2.24, 2.45) is 0 Å². The molecule has 2 N–H and O–H groups in total. The third kappa shape index (κ3) is 3.75. The molecule has 1 aliphatic rings. The van der Waals surface area contributed by atoms with Crippen LogP contribution in [0.25, 0.3) is 0 Å². The van der Waals surface area contributed by atoms with E-state index >= 15 is 0 Å². The van der Waals surface area contributed by atoms with Crippen molar-refractivity contribution in [3.63, 3.8) is 0 Å². The van der Waals surface area contributed by atoms with Gasteiger partial charge in [0.2, 0.25) is 5.91 Å². The molecule has 1 fully saturated rings. The smallest absolute Gasteiger partial charge is 0.233 e. The molecular formula is C14H19NO2S. The number of hydrogen-bond donors (Lipinski definition) is 2. The summed E-state index contributed by atoms with van der Waals surface area (Å²) in [7, 11) is 0. The predicted octanol–water partition coefficient (Wildman–Crippen LogP) is 1.60. The molecule has 1 heterocycles. The Morgan fingerprint density at radius 1 is 1.44 bits per heavy atom. The van der Waals surface area contributed by atoms with E-state index in [0.29, 0.717) is 6.42 Å². The van der Waals surface area contributed by atoms with Gasteiger partial charge in [-0.3, -0.25) is 4.79 Å². The molecular weight excluding hydrogens is 246 g/mol. The SMILES string of the molecule is O=C(N[C@@H](CO)Cc1ccccc1)C1CCCS1. The van der Waals surface area contributed by atoms with E-state index in [1.54, 1.807) is 11.8 Å². The lowest BCUT2D eigenvalue weighted by Crippen LogP contribution is -2.42. The zero-order valence-electron chi connectivity index (χ0n) is 10.3. The van der Waals surface area contributed by atoms with E-state index in [1.807, 2.05) is 30.3 Å². The number of aliphatic hydroxyl groups excluding tert-OH is 1. The van der Waals surface area contributed by atoms with Crippen LogP contribution in [0.2, 0.25) is 0 Å². The third-order valence-corrected chi connectivity index (χ3v) is 4.49. The van der Waals surface area contributed by atoms with Crippen LogP contribution in [0.1, 0.15) is 18.4 Å². The van der Waals surface area contributed by atoms with Crippen molar-refractivity contribution >= 4 is 17.7 Å². The normalized spacial score (nSPS) is 20.6. The molecule has 0 saturated carbocycles. The summed E-state index contributed by atoms with van der Waals surface area (Å²) < 4.78 is 0. The van der Waals surface area contributed by atoms with E-state index in [1.165, 1.54) is 0 Å². The number of rotatable bonds is 5. The molecule has 1 amide bonds. The second kappa shape index (κ2) is 6.81. The second-order valence-electron chi connectivity index (χ2n) is 4.58. The Morgan fingerprint density at radius 3 is 2.83 bits per heavy atom. The van der Waals surface area contributed by atoms with Crippen LogP contribution in [0, 0.1) is 0 Å². The first-order chi connectivity index (χ1) is 8.79. The number of nitrogens with one attached hydrogen (secondary N) is 1. The van der Waals surface area contributed by atoms with Crippen LogP contribution in [0.3, 0.4) is 0 Å². The minimum Gasteiger partial charge on any atom is -0.394 e. The van der Waals surface area contributed by atoms with Crippen molar-refractivity contribution in [3.05, 3.63) is 35.9 Å². The molecule has 4 heteroatoms. The molecule has 0 radical (unpaired) electrons. The number of carbonyl (C=O) groups is 1. The van der Waals surface area contributed by atoms with Crippen molar-refractivity contribution < 1.29 is 9.90 Å². The lowest BCUT2D eigenvalue weighted by molar-refractivity contribution is -0.121. The van der Waals surface area contributed by atoms with Crippen molar-refractivity contribution in [2.75, 3.05) is 12.4 Å². The van der Waals surface area contributed by atoms with Gasteiger partial charge in [-0.25, -0.2) is 0 Å². The summed E-state index contributed by atoms with van der Waals surface area (Å²) in [5, 5.41) is 12.4. The van der Waals surface area contributed by atoms with E-state index in [4.69, 9.17) is 0 Å². The highest BCUT2D eigenvalue weighted by Gasteiger charge is 2.25. The van der Waals surface area contributed by atoms with Crippen molar-refractivity contribution in [1.82, 2.24) is 5.32 Å². The zero-order valence-corrected chi connectivity index (χ0v) is 11.2. The Balaban J connectivity index is 1.87. The molecule has 98 valence electrons. The van der Waals surface area contributed by atoms with Gasteiger partial charge in [0.05, 0.1) is 17.9 Å². The summed E-state index contributed by atoms with van der Waals surface area (Å²) in [6.07, 6.45) is 2.76. The largest absolute Gasteiger partial charge is 0.394 e. The summed E-state index contributed by atoms with van der Waals surface area (Å²) in [5.41, 5.74) is 1.14. The predicted molar refractivity (Wildman–Crippen MR) is 74.6 cm³/mol. The van der Waals surface area contributed by atoms with Gasteiger partial charge in [0, 0.05) is 0 Å². The molecule has 1 unspecified atom stereocenters. The van der Waals surface area contributed by atoms with Crippen molar-refractivity contribution in [1.29, 1.82) is 0 Å². The van der Waals surface area contributed by atoms with Crippen molar-refractivity contribution in [2.45, 2.75) is 30.6 Å². The first-order valence-electron chi connectivity index (χ1n) is 6.36. The summed E-state index contributed by atoms with van der Waals surface area (Å²) in [5.74, 6) is 1.15. The minimum atomic E-state index is -0.180. The van der Waals surface area contributed by atoms with Crippen LogP contribution >= 0.6 is 11.8 Å². The van der Waals surface area contributed by atoms with Gasteiger partial charge in [-0.05, 0) is 30.6 Å². The highest BCUT2D eigenvalue weighted by molar-refractivity contribution is 8.00. The maximum absolute atomic E-state index is 12.0. The van der Waals surface area contributed by atoms with Gasteiger partial charge in [0.15, 0.2) is 0 Å².